The Morgan fingerprint density at radius 3 is 2.78 bits per heavy atom. The standard InChI is InChI=1S/C13H20N2O2S/c1-4-5-9-14-11(2)12-7-6-8-13(10-12)15-18(3,16)17/h4,6-8,10-11,14-15H,1,5,9H2,2-3H3/t11-/m0/s1. The molecule has 18 heavy (non-hydrogen) atoms. The minimum absolute atomic E-state index is 0.172. The fraction of sp³-hybridized carbons (Fsp3) is 0.385. The lowest BCUT2D eigenvalue weighted by molar-refractivity contribution is 0.581. The third-order valence-corrected chi connectivity index (χ3v) is 3.10. The molecule has 0 aliphatic rings. The molecule has 0 aliphatic heterocycles. The van der Waals surface area contributed by atoms with Crippen molar-refractivity contribution in [2.75, 3.05) is 17.5 Å². The van der Waals surface area contributed by atoms with E-state index in [2.05, 4.69) is 16.6 Å². The van der Waals surface area contributed by atoms with Crippen molar-refractivity contribution in [1.82, 2.24) is 5.32 Å². The molecule has 2 N–H and O–H groups in total. The van der Waals surface area contributed by atoms with Gasteiger partial charge in [0.1, 0.15) is 0 Å². The Bertz CT molecular complexity index is 497. The molecule has 0 bridgehead atoms. The summed E-state index contributed by atoms with van der Waals surface area (Å²) in [6.45, 7) is 6.57. The van der Waals surface area contributed by atoms with Crippen molar-refractivity contribution in [3.05, 3.63) is 42.5 Å². The average Bonchev–Trinajstić information content (AvgIpc) is 2.27. The van der Waals surface area contributed by atoms with Crippen LogP contribution < -0.4 is 10.0 Å². The van der Waals surface area contributed by atoms with Gasteiger partial charge >= 0.3 is 0 Å². The van der Waals surface area contributed by atoms with Crippen LogP contribution in [0.4, 0.5) is 5.69 Å². The van der Waals surface area contributed by atoms with E-state index in [1.165, 1.54) is 0 Å². The van der Waals surface area contributed by atoms with Gasteiger partial charge in [-0.05, 0) is 37.6 Å². The molecule has 1 aromatic rings. The van der Waals surface area contributed by atoms with Gasteiger partial charge in [0.2, 0.25) is 10.0 Å². The summed E-state index contributed by atoms with van der Waals surface area (Å²) in [6.07, 6.45) is 3.92. The second-order valence-electron chi connectivity index (χ2n) is 4.25. The Morgan fingerprint density at radius 1 is 1.44 bits per heavy atom. The maximum atomic E-state index is 11.2. The van der Waals surface area contributed by atoms with E-state index in [0.717, 1.165) is 24.8 Å². The number of rotatable bonds is 7. The lowest BCUT2D eigenvalue weighted by Gasteiger charge is -2.15. The molecule has 0 radical (unpaired) electrons. The largest absolute Gasteiger partial charge is 0.310 e. The highest BCUT2D eigenvalue weighted by molar-refractivity contribution is 7.92. The predicted molar refractivity (Wildman–Crippen MR) is 76.1 cm³/mol. The van der Waals surface area contributed by atoms with Crippen molar-refractivity contribution >= 4 is 15.7 Å². The highest BCUT2D eigenvalue weighted by atomic mass is 32.2. The van der Waals surface area contributed by atoms with Crippen LogP contribution in [0.1, 0.15) is 24.9 Å². The molecule has 5 heteroatoms. The Labute approximate surface area is 109 Å². The van der Waals surface area contributed by atoms with Gasteiger partial charge in [0.25, 0.3) is 0 Å². The number of hydrogen-bond acceptors (Lipinski definition) is 3. The maximum absolute atomic E-state index is 11.2. The number of anilines is 1. The van der Waals surface area contributed by atoms with E-state index in [1.54, 1.807) is 6.07 Å². The molecule has 0 saturated heterocycles. The van der Waals surface area contributed by atoms with Crippen LogP contribution in [0.3, 0.4) is 0 Å². The third-order valence-electron chi connectivity index (χ3n) is 2.49. The second kappa shape index (κ2) is 6.56. The Hall–Kier alpha value is -1.33. The van der Waals surface area contributed by atoms with Crippen LogP contribution in [0.25, 0.3) is 0 Å². The fourth-order valence-electron chi connectivity index (χ4n) is 1.61. The minimum Gasteiger partial charge on any atom is -0.310 e. The fourth-order valence-corrected chi connectivity index (χ4v) is 2.16. The smallest absolute Gasteiger partial charge is 0.229 e. The van der Waals surface area contributed by atoms with Gasteiger partial charge in [0.05, 0.1) is 6.26 Å². The first-order valence-corrected chi connectivity index (χ1v) is 7.73. The van der Waals surface area contributed by atoms with Gasteiger partial charge < -0.3 is 5.32 Å². The second-order valence-corrected chi connectivity index (χ2v) is 6.00. The Kier molecular flexibility index (Phi) is 5.37. The molecule has 0 heterocycles. The zero-order valence-corrected chi connectivity index (χ0v) is 11.6. The summed E-state index contributed by atoms with van der Waals surface area (Å²) in [4.78, 5) is 0. The van der Waals surface area contributed by atoms with Gasteiger partial charge in [0, 0.05) is 11.7 Å². The van der Waals surface area contributed by atoms with Gasteiger partial charge in [-0.2, -0.15) is 0 Å². The molecular weight excluding hydrogens is 248 g/mol. The maximum Gasteiger partial charge on any atom is 0.229 e. The van der Waals surface area contributed by atoms with Gasteiger partial charge in [-0.3, -0.25) is 4.72 Å². The van der Waals surface area contributed by atoms with Gasteiger partial charge in [-0.1, -0.05) is 18.2 Å². The number of sulfonamides is 1. The van der Waals surface area contributed by atoms with Crippen LogP contribution in [0, 0.1) is 0 Å². The van der Waals surface area contributed by atoms with Crippen molar-refractivity contribution in [3.63, 3.8) is 0 Å². The summed E-state index contributed by atoms with van der Waals surface area (Å²) in [5.41, 5.74) is 1.64. The van der Waals surface area contributed by atoms with E-state index in [-0.39, 0.29) is 6.04 Å². The summed E-state index contributed by atoms with van der Waals surface area (Å²) in [6, 6.07) is 7.56. The normalized spacial score (nSPS) is 13.0. The molecule has 1 atom stereocenters. The van der Waals surface area contributed by atoms with Crippen molar-refractivity contribution in [3.8, 4) is 0 Å². The molecule has 100 valence electrons. The van der Waals surface area contributed by atoms with Crippen LogP contribution in [-0.4, -0.2) is 21.2 Å². The summed E-state index contributed by atoms with van der Waals surface area (Å²) >= 11 is 0. The molecule has 1 aromatic carbocycles. The average molecular weight is 268 g/mol. The van der Waals surface area contributed by atoms with E-state index in [9.17, 15) is 8.42 Å². The lowest BCUT2D eigenvalue weighted by atomic mass is 10.1. The molecule has 1 rings (SSSR count). The molecule has 0 unspecified atom stereocenters. The number of hydrogen-bond donors (Lipinski definition) is 2. The Morgan fingerprint density at radius 2 is 2.17 bits per heavy atom. The molecule has 4 nitrogen and oxygen atoms in total. The molecule has 0 aromatic heterocycles. The first-order chi connectivity index (χ1) is 8.42. The van der Waals surface area contributed by atoms with Crippen LogP contribution in [-0.2, 0) is 10.0 Å². The highest BCUT2D eigenvalue weighted by Crippen LogP contribution is 2.18. The highest BCUT2D eigenvalue weighted by Gasteiger charge is 2.06. The van der Waals surface area contributed by atoms with Crippen LogP contribution in [0.2, 0.25) is 0 Å². The first kappa shape index (κ1) is 14.7. The van der Waals surface area contributed by atoms with Crippen LogP contribution >= 0.6 is 0 Å². The zero-order valence-electron chi connectivity index (χ0n) is 10.8. The Balaban J connectivity index is 2.72. The third kappa shape index (κ3) is 5.33. The molecular formula is C13H20N2O2S. The molecule has 0 aliphatic carbocycles. The summed E-state index contributed by atoms with van der Waals surface area (Å²) in [7, 11) is -3.22. The van der Waals surface area contributed by atoms with E-state index < -0.39 is 10.0 Å². The van der Waals surface area contributed by atoms with Crippen molar-refractivity contribution < 1.29 is 8.42 Å². The molecule has 0 fully saturated rings. The number of nitrogens with one attached hydrogen (secondary N) is 2. The van der Waals surface area contributed by atoms with Crippen molar-refractivity contribution in [1.29, 1.82) is 0 Å². The van der Waals surface area contributed by atoms with Gasteiger partial charge in [-0.25, -0.2) is 8.42 Å². The van der Waals surface area contributed by atoms with E-state index in [0.29, 0.717) is 5.69 Å². The van der Waals surface area contributed by atoms with E-state index in [4.69, 9.17) is 0 Å². The summed E-state index contributed by atoms with van der Waals surface area (Å²) in [5.74, 6) is 0. The topological polar surface area (TPSA) is 58.2 Å². The molecule has 0 amide bonds. The van der Waals surface area contributed by atoms with Crippen LogP contribution in [0.15, 0.2) is 36.9 Å². The lowest BCUT2D eigenvalue weighted by Crippen LogP contribution is -2.19. The number of benzene rings is 1. The summed E-state index contributed by atoms with van der Waals surface area (Å²) in [5, 5.41) is 3.34. The van der Waals surface area contributed by atoms with Crippen molar-refractivity contribution in [2.24, 2.45) is 0 Å². The van der Waals surface area contributed by atoms with Crippen molar-refractivity contribution in [2.45, 2.75) is 19.4 Å². The monoisotopic (exact) mass is 268 g/mol. The van der Waals surface area contributed by atoms with E-state index >= 15 is 0 Å². The van der Waals surface area contributed by atoms with E-state index in [1.807, 2.05) is 31.2 Å². The molecule has 0 saturated carbocycles. The predicted octanol–water partition coefficient (Wildman–Crippen LogP) is 2.28. The molecule has 0 spiro atoms. The first-order valence-electron chi connectivity index (χ1n) is 5.84. The minimum atomic E-state index is -3.22. The SMILES string of the molecule is C=CCCN[C@@H](C)c1cccc(NS(C)(=O)=O)c1. The summed E-state index contributed by atoms with van der Waals surface area (Å²) < 4.78 is 24.8. The quantitative estimate of drug-likeness (QED) is 0.589. The zero-order chi connectivity index (χ0) is 13.6. The van der Waals surface area contributed by atoms with Gasteiger partial charge in [0.15, 0.2) is 0 Å². The van der Waals surface area contributed by atoms with Crippen LogP contribution in [0.5, 0.6) is 0 Å². The van der Waals surface area contributed by atoms with Gasteiger partial charge in [-0.15, -0.1) is 6.58 Å².